The quantitative estimate of drug-likeness (QED) is 0.0438. The molecule has 1 heterocycles. The smallest absolute Gasteiger partial charge is 0.306 e. The number of unbranched alkanes of at least 4 members (excludes halogenated alkanes) is 28. The summed E-state index contributed by atoms with van der Waals surface area (Å²) < 4.78 is 15.9. The lowest BCUT2D eigenvalue weighted by Crippen LogP contribution is -2.60. The number of rotatable bonds is 35. The first-order chi connectivity index (χ1) is 24.4. The monoisotopic (exact) mass is 713 g/mol. The standard InChI is InChI=1S/C42H80O8/c1-3-5-7-9-11-13-15-17-19-21-23-25-27-29-31-33-37(43)48-35-36-39(45)40(46)41(42(47)49-36)50-38(44)34-32-30-28-26-24-22-20-18-16-14-12-10-8-6-4-2/h36,39-42,45-47H,3-35H2,1-2H3/t36-,39-,40+,41-,42+/m1/s1. The lowest BCUT2D eigenvalue weighted by molar-refractivity contribution is -0.291. The average Bonchev–Trinajstić information content (AvgIpc) is 3.11. The van der Waals surface area contributed by atoms with Crippen LogP contribution in [0.1, 0.15) is 219 Å². The first kappa shape index (κ1) is 46.8. The van der Waals surface area contributed by atoms with Gasteiger partial charge in [-0.05, 0) is 12.8 Å². The predicted octanol–water partition coefficient (Wildman–Crippen LogP) is 10.4. The molecule has 296 valence electrons. The molecule has 1 aliphatic heterocycles. The van der Waals surface area contributed by atoms with Crippen molar-refractivity contribution in [2.24, 2.45) is 0 Å². The third-order valence-corrected chi connectivity index (χ3v) is 10.3. The van der Waals surface area contributed by atoms with Crippen molar-refractivity contribution in [2.75, 3.05) is 6.61 Å². The van der Waals surface area contributed by atoms with E-state index < -0.39 is 42.6 Å². The predicted molar refractivity (Wildman–Crippen MR) is 203 cm³/mol. The Morgan fingerprint density at radius 1 is 0.460 bits per heavy atom. The Bertz CT molecular complexity index is 775. The van der Waals surface area contributed by atoms with Crippen LogP contribution >= 0.6 is 0 Å². The summed E-state index contributed by atoms with van der Waals surface area (Å²) in [4.78, 5) is 24.6. The van der Waals surface area contributed by atoms with E-state index in [0.29, 0.717) is 6.42 Å². The Kier molecular flexibility index (Phi) is 31.5. The summed E-state index contributed by atoms with van der Waals surface area (Å²) in [6.07, 6.45) is 30.7. The molecule has 0 aliphatic carbocycles. The molecular weight excluding hydrogens is 632 g/mol. The summed E-state index contributed by atoms with van der Waals surface area (Å²) in [5.74, 6) is -0.927. The van der Waals surface area contributed by atoms with E-state index in [9.17, 15) is 24.9 Å². The summed E-state index contributed by atoms with van der Waals surface area (Å²) in [5.41, 5.74) is 0. The van der Waals surface area contributed by atoms with E-state index in [1.54, 1.807) is 0 Å². The molecule has 1 fully saturated rings. The maximum absolute atomic E-state index is 12.4. The summed E-state index contributed by atoms with van der Waals surface area (Å²) >= 11 is 0. The second kappa shape index (κ2) is 33.6. The molecule has 0 saturated carbocycles. The average molecular weight is 713 g/mol. The van der Waals surface area contributed by atoms with Crippen molar-refractivity contribution in [1.82, 2.24) is 0 Å². The van der Waals surface area contributed by atoms with Gasteiger partial charge in [0.05, 0.1) is 0 Å². The van der Waals surface area contributed by atoms with Gasteiger partial charge in [-0.15, -0.1) is 0 Å². The van der Waals surface area contributed by atoms with Gasteiger partial charge < -0.3 is 29.5 Å². The maximum Gasteiger partial charge on any atom is 0.306 e. The van der Waals surface area contributed by atoms with Crippen LogP contribution in [0.3, 0.4) is 0 Å². The van der Waals surface area contributed by atoms with Gasteiger partial charge in [0.25, 0.3) is 0 Å². The number of carbonyl (C=O) groups is 2. The SMILES string of the molecule is CCCCCCCCCCCCCCCCCC(=O)OC[C@H]1O[C@H](O)[C@H](OC(=O)CCCCCCCCCCCCCCCCC)[C@@H](O)[C@@H]1O. The molecule has 0 amide bonds. The van der Waals surface area contributed by atoms with Gasteiger partial charge in [0.15, 0.2) is 12.4 Å². The van der Waals surface area contributed by atoms with Crippen LogP contribution < -0.4 is 0 Å². The third-order valence-electron chi connectivity index (χ3n) is 10.3. The van der Waals surface area contributed by atoms with Crippen molar-refractivity contribution >= 4 is 11.9 Å². The van der Waals surface area contributed by atoms with Crippen molar-refractivity contribution in [1.29, 1.82) is 0 Å². The number of aliphatic hydroxyl groups is 3. The second-order valence-corrected chi connectivity index (χ2v) is 15.1. The zero-order valence-corrected chi connectivity index (χ0v) is 32.6. The van der Waals surface area contributed by atoms with Crippen LogP contribution in [0.25, 0.3) is 0 Å². The van der Waals surface area contributed by atoms with Crippen LogP contribution in [-0.2, 0) is 23.8 Å². The fourth-order valence-corrected chi connectivity index (χ4v) is 6.93. The number of hydrogen-bond donors (Lipinski definition) is 3. The number of esters is 2. The first-order valence-electron chi connectivity index (χ1n) is 21.4. The fourth-order valence-electron chi connectivity index (χ4n) is 6.93. The molecule has 5 atom stereocenters. The lowest BCUT2D eigenvalue weighted by atomic mass is 9.99. The van der Waals surface area contributed by atoms with Crippen molar-refractivity contribution in [3.63, 3.8) is 0 Å². The molecule has 0 spiro atoms. The Balaban J connectivity index is 2.02. The van der Waals surface area contributed by atoms with Gasteiger partial charge in [0.2, 0.25) is 0 Å². The molecular formula is C42H80O8. The van der Waals surface area contributed by atoms with Crippen LogP contribution in [0, 0.1) is 0 Å². The molecule has 0 bridgehead atoms. The molecule has 8 nitrogen and oxygen atoms in total. The molecule has 0 aromatic heterocycles. The Morgan fingerprint density at radius 2 is 0.780 bits per heavy atom. The molecule has 1 saturated heterocycles. The molecule has 0 aromatic carbocycles. The topological polar surface area (TPSA) is 123 Å². The lowest BCUT2D eigenvalue weighted by Gasteiger charge is -2.39. The van der Waals surface area contributed by atoms with Crippen LogP contribution in [0.4, 0.5) is 0 Å². The molecule has 8 heteroatoms. The Morgan fingerprint density at radius 3 is 1.14 bits per heavy atom. The molecule has 0 radical (unpaired) electrons. The normalized spacial score (nSPS) is 20.6. The highest BCUT2D eigenvalue weighted by molar-refractivity contribution is 5.69. The molecule has 1 aliphatic rings. The number of aliphatic hydroxyl groups excluding tert-OH is 3. The minimum absolute atomic E-state index is 0.185. The van der Waals surface area contributed by atoms with Gasteiger partial charge >= 0.3 is 11.9 Å². The van der Waals surface area contributed by atoms with Crippen molar-refractivity contribution in [3.8, 4) is 0 Å². The second-order valence-electron chi connectivity index (χ2n) is 15.1. The van der Waals surface area contributed by atoms with Crippen LogP contribution in [0.5, 0.6) is 0 Å². The largest absolute Gasteiger partial charge is 0.463 e. The summed E-state index contributed by atoms with van der Waals surface area (Å²) in [5, 5.41) is 31.4. The van der Waals surface area contributed by atoms with E-state index in [1.807, 2.05) is 0 Å². The van der Waals surface area contributed by atoms with Gasteiger partial charge in [-0.25, -0.2) is 0 Å². The van der Waals surface area contributed by atoms with Gasteiger partial charge in [-0.2, -0.15) is 0 Å². The highest BCUT2D eigenvalue weighted by Gasteiger charge is 2.46. The van der Waals surface area contributed by atoms with Crippen molar-refractivity contribution in [3.05, 3.63) is 0 Å². The molecule has 0 unspecified atom stereocenters. The zero-order valence-electron chi connectivity index (χ0n) is 32.6. The highest BCUT2D eigenvalue weighted by atomic mass is 16.7. The Hall–Kier alpha value is -1.22. The van der Waals surface area contributed by atoms with E-state index in [4.69, 9.17) is 14.2 Å². The Labute approximate surface area is 307 Å². The van der Waals surface area contributed by atoms with Crippen LogP contribution in [0.15, 0.2) is 0 Å². The summed E-state index contributed by atoms with van der Waals surface area (Å²) in [6.45, 7) is 4.23. The minimum atomic E-state index is -1.61. The summed E-state index contributed by atoms with van der Waals surface area (Å²) in [6, 6.07) is 0. The number of hydrogen-bond acceptors (Lipinski definition) is 8. The van der Waals surface area contributed by atoms with E-state index in [-0.39, 0.29) is 19.4 Å². The van der Waals surface area contributed by atoms with Gasteiger partial charge in [0.1, 0.15) is 24.9 Å². The van der Waals surface area contributed by atoms with Gasteiger partial charge in [-0.1, -0.05) is 194 Å². The number of carbonyl (C=O) groups excluding carboxylic acids is 2. The van der Waals surface area contributed by atoms with Crippen LogP contribution in [0.2, 0.25) is 0 Å². The molecule has 50 heavy (non-hydrogen) atoms. The van der Waals surface area contributed by atoms with E-state index in [1.165, 1.54) is 148 Å². The highest BCUT2D eigenvalue weighted by Crippen LogP contribution is 2.24. The van der Waals surface area contributed by atoms with Crippen molar-refractivity contribution < 1.29 is 39.1 Å². The molecule has 0 aromatic rings. The van der Waals surface area contributed by atoms with Crippen LogP contribution in [-0.4, -0.2) is 64.6 Å². The minimum Gasteiger partial charge on any atom is -0.463 e. The van der Waals surface area contributed by atoms with Crippen molar-refractivity contribution in [2.45, 2.75) is 250 Å². The zero-order chi connectivity index (χ0) is 36.5. The number of ether oxygens (including phenoxy) is 3. The third kappa shape index (κ3) is 25.7. The first-order valence-corrected chi connectivity index (χ1v) is 21.4. The summed E-state index contributed by atoms with van der Waals surface area (Å²) in [7, 11) is 0. The fraction of sp³-hybridized carbons (Fsp3) is 0.952. The molecule has 3 N–H and O–H groups in total. The van der Waals surface area contributed by atoms with E-state index in [0.717, 1.165) is 38.5 Å². The van der Waals surface area contributed by atoms with Gasteiger partial charge in [0, 0.05) is 12.8 Å². The van der Waals surface area contributed by atoms with E-state index >= 15 is 0 Å². The maximum atomic E-state index is 12.4. The van der Waals surface area contributed by atoms with Gasteiger partial charge in [-0.3, -0.25) is 9.59 Å². The molecule has 1 rings (SSSR count). The van der Waals surface area contributed by atoms with E-state index in [2.05, 4.69) is 13.8 Å².